The molecular weight excluding hydrogens is 239 g/mol. The zero-order valence-electron chi connectivity index (χ0n) is 11.6. The van der Waals surface area contributed by atoms with Crippen LogP contribution >= 0.6 is 0 Å². The molecule has 2 fully saturated rings. The van der Waals surface area contributed by atoms with Crippen LogP contribution in [0.1, 0.15) is 37.7 Å². The van der Waals surface area contributed by atoms with Gasteiger partial charge in [-0.2, -0.15) is 0 Å². The second-order valence-corrected chi connectivity index (χ2v) is 6.03. The van der Waals surface area contributed by atoms with Crippen LogP contribution in [0.5, 0.6) is 0 Å². The van der Waals surface area contributed by atoms with Crippen LogP contribution in [-0.4, -0.2) is 18.6 Å². The maximum atomic E-state index is 13.9. The van der Waals surface area contributed by atoms with Crippen molar-refractivity contribution < 1.29 is 4.39 Å². The van der Waals surface area contributed by atoms with Crippen molar-refractivity contribution in [1.82, 2.24) is 5.32 Å². The number of aryl methyl sites for hydroxylation is 1. The summed E-state index contributed by atoms with van der Waals surface area (Å²) in [7, 11) is 0. The molecule has 1 aromatic carbocycles. The van der Waals surface area contributed by atoms with E-state index in [4.69, 9.17) is 0 Å². The Morgan fingerprint density at radius 3 is 2.84 bits per heavy atom. The molecule has 1 aliphatic carbocycles. The lowest BCUT2D eigenvalue weighted by molar-refractivity contribution is 0.375. The third kappa shape index (κ3) is 2.76. The highest BCUT2D eigenvalue weighted by Gasteiger charge is 2.35. The Balaban J connectivity index is 1.70. The summed E-state index contributed by atoms with van der Waals surface area (Å²) in [5.41, 5.74) is 1.64. The molecule has 3 atom stereocenters. The summed E-state index contributed by atoms with van der Waals surface area (Å²) >= 11 is 0. The van der Waals surface area contributed by atoms with E-state index < -0.39 is 0 Å². The van der Waals surface area contributed by atoms with Crippen LogP contribution in [0.15, 0.2) is 18.2 Å². The Morgan fingerprint density at radius 1 is 1.21 bits per heavy atom. The quantitative estimate of drug-likeness (QED) is 0.871. The van der Waals surface area contributed by atoms with E-state index in [0.29, 0.717) is 23.7 Å². The monoisotopic (exact) mass is 262 g/mol. The summed E-state index contributed by atoms with van der Waals surface area (Å²) in [6.45, 7) is 3.07. The molecule has 0 aromatic heterocycles. The standard InChI is InChI=1S/C16H23FN2/c1-11-7-8-16(13(17)10-11)19-15-5-2-4-12(15)14-6-3-9-18-14/h7-8,10,12,14-15,18-19H,2-6,9H2,1H3. The second-order valence-electron chi connectivity index (χ2n) is 6.03. The minimum absolute atomic E-state index is 0.120. The fraction of sp³-hybridized carbons (Fsp3) is 0.625. The van der Waals surface area contributed by atoms with Crippen LogP contribution < -0.4 is 10.6 Å². The highest BCUT2D eigenvalue weighted by atomic mass is 19.1. The van der Waals surface area contributed by atoms with Crippen molar-refractivity contribution in [2.45, 2.75) is 51.1 Å². The lowest BCUT2D eigenvalue weighted by Crippen LogP contribution is -2.38. The molecule has 3 unspecified atom stereocenters. The van der Waals surface area contributed by atoms with Crippen molar-refractivity contribution in [3.63, 3.8) is 0 Å². The van der Waals surface area contributed by atoms with Gasteiger partial charge >= 0.3 is 0 Å². The van der Waals surface area contributed by atoms with Crippen molar-refractivity contribution in [2.24, 2.45) is 5.92 Å². The molecule has 19 heavy (non-hydrogen) atoms. The smallest absolute Gasteiger partial charge is 0.146 e. The van der Waals surface area contributed by atoms with Crippen LogP contribution in [0.2, 0.25) is 0 Å². The van der Waals surface area contributed by atoms with Gasteiger partial charge in [-0.1, -0.05) is 12.5 Å². The van der Waals surface area contributed by atoms with Gasteiger partial charge in [0.25, 0.3) is 0 Å². The lowest BCUT2D eigenvalue weighted by Gasteiger charge is -2.27. The van der Waals surface area contributed by atoms with Crippen LogP contribution in [0.4, 0.5) is 10.1 Å². The minimum atomic E-state index is -0.120. The minimum Gasteiger partial charge on any atom is -0.380 e. The number of benzene rings is 1. The first-order valence-electron chi connectivity index (χ1n) is 7.50. The predicted molar refractivity (Wildman–Crippen MR) is 76.9 cm³/mol. The molecule has 0 spiro atoms. The summed E-state index contributed by atoms with van der Waals surface area (Å²) in [4.78, 5) is 0. The third-order valence-corrected chi connectivity index (χ3v) is 4.65. The van der Waals surface area contributed by atoms with Gasteiger partial charge in [-0.15, -0.1) is 0 Å². The summed E-state index contributed by atoms with van der Waals surface area (Å²) in [6.07, 6.45) is 6.25. The Hall–Kier alpha value is -1.09. The summed E-state index contributed by atoms with van der Waals surface area (Å²) in [6, 6.07) is 6.52. The fourth-order valence-corrected chi connectivity index (χ4v) is 3.66. The molecule has 1 aromatic rings. The average Bonchev–Trinajstić information content (AvgIpc) is 3.03. The Bertz CT molecular complexity index is 440. The highest BCUT2D eigenvalue weighted by Crippen LogP contribution is 2.34. The maximum Gasteiger partial charge on any atom is 0.146 e. The maximum absolute atomic E-state index is 13.9. The second kappa shape index (κ2) is 5.49. The van der Waals surface area contributed by atoms with E-state index in [1.807, 2.05) is 19.1 Å². The van der Waals surface area contributed by atoms with Crippen molar-refractivity contribution in [1.29, 1.82) is 0 Å². The molecule has 0 amide bonds. The van der Waals surface area contributed by atoms with Gasteiger partial charge in [-0.05, 0) is 62.8 Å². The number of hydrogen-bond acceptors (Lipinski definition) is 2. The lowest BCUT2D eigenvalue weighted by atomic mass is 9.93. The van der Waals surface area contributed by atoms with Crippen LogP contribution in [0.25, 0.3) is 0 Å². The van der Waals surface area contributed by atoms with Gasteiger partial charge in [-0.3, -0.25) is 0 Å². The first-order chi connectivity index (χ1) is 9.24. The predicted octanol–water partition coefficient (Wildman–Crippen LogP) is 3.47. The topological polar surface area (TPSA) is 24.1 Å². The third-order valence-electron chi connectivity index (χ3n) is 4.65. The van der Waals surface area contributed by atoms with Gasteiger partial charge in [0.05, 0.1) is 5.69 Å². The van der Waals surface area contributed by atoms with Gasteiger partial charge in [0.1, 0.15) is 5.82 Å². The molecule has 1 saturated carbocycles. The number of nitrogens with one attached hydrogen (secondary N) is 2. The first-order valence-corrected chi connectivity index (χ1v) is 7.50. The Labute approximate surface area is 114 Å². The van der Waals surface area contributed by atoms with Crippen LogP contribution in [-0.2, 0) is 0 Å². The van der Waals surface area contributed by atoms with E-state index in [1.54, 1.807) is 6.07 Å². The first kappa shape index (κ1) is 12.9. The van der Waals surface area contributed by atoms with E-state index in [0.717, 1.165) is 18.5 Å². The molecule has 1 saturated heterocycles. The molecule has 104 valence electrons. The molecule has 2 nitrogen and oxygen atoms in total. The van der Waals surface area contributed by atoms with Crippen molar-refractivity contribution in [2.75, 3.05) is 11.9 Å². The van der Waals surface area contributed by atoms with Crippen molar-refractivity contribution in [3.8, 4) is 0 Å². The van der Waals surface area contributed by atoms with Crippen molar-refractivity contribution in [3.05, 3.63) is 29.6 Å². The van der Waals surface area contributed by atoms with E-state index in [1.165, 1.54) is 25.7 Å². The molecule has 2 aliphatic rings. The number of rotatable bonds is 3. The molecule has 3 heteroatoms. The highest BCUT2D eigenvalue weighted by molar-refractivity contribution is 5.47. The number of halogens is 1. The fourth-order valence-electron chi connectivity index (χ4n) is 3.66. The Morgan fingerprint density at radius 2 is 2.11 bits per heavy atom. The molecule has 0 radical (unpaired) electrons. The zero-order chi connectivity index (χ0) is 13.2. The number of anilines is 1. The van der Waals surface area contributed by atoms with E-state index >= 15 is 0 Å². The van der Waals surface area contributed by atoms with E-state index in [-0.39, 0.29) is 5.82 Å². The van der Waals surface area contributed by atoms with Gasteiger partial charge in [0.2, 0.25) is 0 Å². The average molecular weight is 262 g/mol. The molecule has 2 N–H and O–H groups in total. The summed E-state index contributed by atoms with van der Waals surface area (Å²) < 4.78 is 13.9. The van der Waals surface area contributed by atoms with Gasteiger partial charge in [0, 0.05) is 12.1 Å². The largest absolute Gasteiger partial charge is 0.380 e. The summed E-state index contributed by atoms with van der Waals surface area (Å²) in [5.74, 6) is 0.535. The molecule has 0 bridgehead atoms. The van der Waals surface area contributed by atoms with E-state index in [9.17, 15) is 4.39 Å². The SMILES string of the molecule is Cc1ccc(NC2CCCC2C2CCCN2)c(F)c1. The van der Waals surface area contributed by atoms with Crippen LogP contribution in [0.3, 0.4) is 0 Å². The zero-order valence-corrected chi connectivity index (χ0v) is 11.6. The van der Waals surface area contributed by atoms with Gasteiger partial charge < -0.3 is 10.6 Å². The number of hydrogen-bond donors (Lipinski definition) is 2. The van der Waals surface area contributed by atoms with Crippen molar-refractivity contribution >= 4 is 5.69 Å². The van der Waals surface area contributed by atoms with Crippen LogP contribution in [0, 0.1) is 18.7 Å². The normalized spacial score (nSPS) is 30.7. The summed E-state index contributed by atoms with van der Waals surface area (Å²) in [5, 5.41) is 7.05. The van der Waals surface area contributed by atoms with Gasteiger partial charge in [-0.25, -0.2) is 4.39 Å². The Kier molecular flexibility index (Phi) is 3.74. The molecule has 1 aliphatic heterocycles. The molecular formula is C16H23FN2. The molecule has 1 heterocycles. The van der Waals surface area contributed by atoms with E-state index in [2.05, 4.69) is 10.6 Å². The molecule has 3 rings (SSSR count). The van der Waals surface area contributed by atoms with Gasteiger partial charge in [0.15, 0.2) is 0 Å².